The van der Waals surface area contributed by atoms with Crippen molar-refractivity contribution in [1.82, 2.24) is 4.98 Å². The van der Waals surface area contributed by atoms with Crippen LogP contribution >= 0.6 is 0 Å². The monoisotopic (exact) mass is 487 g/mol. The number of nitrogens with one attached hydrogen (secondary N) is 1. The number of carbonyl (C=O) groups excluding carboxylic acids is 1. The van der Waals surface area contributed by atoms with Crippen LogP contribution < -0.4 is 15.0 Å². The van der Waals surface area contributed by atoms with Gasteiger partial charge in [0, 0.05) is 56.4 Å². The van der Waals surface area contributed by atoms with Gasteiger partial charge < -0.3 is 24.4 Å². The average Bonchev–Trinajstić information content (AvgIpc) is 2.95. The number of aromatic nitrogens is 1. The van der Waals surface area contributed by atoms with E-state index in [-0.39, 0.29) is 11.9 Å². The fourth-order valence-corrected chi connectivity index (χ4v) is 5.08. The molecule has 1 saturated heterocycles. The molecular formula is C29H33N3O4. The molecule has 1 atom stereocenters. The van der Waals surface area contributed by atoms with E-state index in [2.05, 4.69) is 64.7 Å². The van der Waals surface area contributed by atoms with Crippen LogP contribution in [0.1, 0.15) is 52.6 Å². The van der Waals surface area contributed by atoms with Crippen molar-refractivity contribution in [2.24, 2.45) is 0 Å². The summed E-state index contributed by atoms with van der Waals surface area (Å²) in [6.45, 7) is 3.04. The number of rotatable bonds is 7. The van der Waals surface area contributed by atoms with Crippen LogP contribution in [0.25, 0.3) is 0 Å². The molecule has 1 N–H and O–H groups in total. The molecule has 3 aromatic rings. The predicted octanol–water partition coefficient (Wildman–Crippen LogP) is 5.51. The summed E-state index contributed by atoms with van der Waals surface area (Å²) in [6.07, 6.45) is 6.35. The van der Waals surface area contributed by atoms with Gasteiger partial charge in [0.05, 0.1) is 31.2 Å². The van der Waals surface area contributed by atoms with Crippen molar-refractivity contribution in [3.8, 4) is 5.75 Å². The van der Waals surface area contributed by atoms with Crippen LogP contribution in [0.5, 0.6) is 5.75 Å². The van der Waals surface area contributed by atoms with E-state index in [4.69, 9.17) is 14.2 Å². The summed E-state index contributed by atoms with van der Waals surface area (Å²) in [5.41, 5.74) is 5.96. The second kappa shape index (κ2) is 11.0. The molecule has 3 heterocycles. The van der Waals surface area contributed by atoms with E-state index < -0.39 is 0 Å². The number of hydrogen-bond acceptors (Lipinski definition) is 7. The molecule has 0 unspecified atom stereocenters. The van der Waals surface area contributed by atoms with Gasteiger partial charge in [0.1, 0.15) is 5.75 Å². The second-order valence-corrected chi connectivity index (χ2v) is 9.39. The first kappa shape index (κ1) is 24.1. The van der Waals surface area contributed by atoms with Gasteiger partial charge in [-0.25, -0.2) is 4.79 Å². The molecule has 0 aliphatic carbocycles. The van der Waals surface area contributed by atoms with Crippen molar-refractivity contribution in [2.75, 3.05) is 50.7 Å². The van der Waals surface area contributed by atoms with Gasteiger partial charge in [-0.3, -0.25) is 4.98 Å². The normalized spacial score (nSPS) is 17.6. The van der Waals surface area contributed by atoms with Gasteiger partial charge in [-0.2, -0.15) is 0 Å². The summed E-state index contributed by atoms with van der Waals surface area (Å²) in [5, 5.41) is 3.40. The van der Waals surface area contributed by atoms with Crippen LogP contribution in [0.15, 0.2) is 60.9 Å². The van der Waals surface area contributed by atoms with Gasteiger partial charge in [0.2, 0.25) is 0 Å². The average molecular weight is 488 g/mol. The van der Waals surface area contributed by atoms with E-state index in [1.54, 1.807) is 18.5 Å². The predicted molar refractivity (Wildman–Crippen MR) is 141 cm³/mol. The number of fused-ring (bicyclic) bond motifs is 1. The number of ether oxygens (including phenoxy) is 3. The molecule has 2 aromatic carbocycles. The van der Waals surface area contributed by atoms with Crippen molar-refractivity contribution < 1.29 is 19.0 Å². The van der Waals surface area contributed by atoms with E-state index in [1.165, 1.54) is 18.2 Å². The number of methoxy groups -OCH3 is 1. The summed E-state index contributed by atoms with van der Waals surface area (Å²) in [7, 11) is 3.47. The highest BCUT2D eigenvalue weighted by Crippen LogP contribution is 2.38. The maximum Gasteiger partial charge on any atom is 0.340 e. The molecular weight excluding hydrogens is 454 g/mol. The van der Waals surface area contributed by atoms with Gasteiger partial charge >= 0.3 is 5.97 Å². The number of carbonyl (C=O) groups is 1. The Morgan fingerprint density at radius 2 is 1.83 bits per heavy atom. The Morgan fingerprint density at radius 3 is 2.61 bits per heavy atom. The largest absolute Gasteiger partial charge is 0.493 e. The lowest BCUT2D eigenvalue weighted by Gasteiger charge is -2.29. The fraction of sp³-hybridized carbons (Fsp3) is 0.379. The highest BCUT2D eigenvalue weighted by Gasteiger charge is 2.23. The summed E-state index contributed by atoms with van der Waals surface area (Å²) in [5.74, 6) is 1.39. The molecule has 0 saturated carbocycles. The van der Waals surface area contributed by atoms with Crippen LogP contribution in [-0.2, 0) is 9.47 Å². The Kier molecular flexibility index (Phi) is 7.37. The van der Waals surface area contributed by atoms with E-state index in [1.807, 2.05) is 0 Å². The van der Waals surface area contributed by atoms with Crippen molar-refractivity contribution in [3.05, 3.63) is 77.6 Å². The van der Waals surface area contributed by atoms with Crippen molar-refractivity contribution in [3.63, 3.8) is 0 Å². The van der Waals surface area contributed by atoms with E-state index >= 15 is 0 Å². The number of pyridine rings is 1. The molecule has 188 valence electrons. The minimum atomic E-state index is -0.374. The first-order valence-corrected chi connectivity index (χ1v) is 12.6. The second-order valence-electron chi connectivity index (χ2n) is 9.39. The van der Waals surface area contributed by atoms with Gasteiger partial charge in [0.15, 0.2) is 0 Å². The molecule has 7 heteroatoms. The van der Waals surface area contributed by atoms with Crippen molar-refractivity contribution in [1.29, 1.82) is 0 Å². The van der Waals surface area contributed by atoms with E-state index in [9.17, 15) is 4.79 Å². The first-order chi connectivity index (χ1) is 17.6. The quantitative estimate of drug-likeness (QED) is 0.441. The number of esters is 1. The third-order valence-corrected chi connectivity index (χ3v) is 7.29. The van der Waals surface area contributed by atoms with Gasteiger partial charge in [-0.15, -0.1) is 0 Å². The molecule has 0 spiro atoms. The Hall–Kier alpha value is -3.58. The van der Waals surface area contributed by atoms with Crippen LogP contribution in [0.3, 0.4) is 0 Å². The number of nitrogens with zero attached hydrogens (tertiary/aromatic N) is 2. The highest BCUT2D eigenvalue weighted by molar-refractivity contribution is 5.95. The molecule has 0 amide bonds. The third-order valence-electron chi connectivity index (χ3n) is 7.29. The molecule has 36 heavy (non-hydrogen) atoms. The van der Waals surface area contributed by atoms with Gasteiger partial charge in [0.25, 0.3) is 0 Å². The SMILES string of the molecule is COC(=O)c1ccncc1NC[C@@H]1CCOc2cc(N(C)c3ccc(C4CCOCC4)cc3)ccc21. The van der Waals surface area contributed by atoms with Gasteiger partial charge in [-0.1, -0.05) is 18.2 Å². The molecule has 5 rings (SSSR count). The maximum atomic E-state index is 12.1. The molecule has 7 nitrogen and oxygen atoms in total. The lowest BCUT2D eigenvalue weighted by atomic mass is 9.91. The van der Waals surface area contributed by atoms with Crippen LogP contribution in [0, 0.1) is 0 Å². The highest BCUT2D eigenvalue weighted by atomic mass is 16.5. The Bertz CT molecular complexity index is 1190. The molecule has 0 radical (unpaired) electrons. The zero-order valence-corrected chi connectivity index (χ0v) is 20.9. The smallest absolute Gasteiger partial charge is 0.340 e. The van der Waals surface area contributed by atoms with Crippen LogP contribution in [-0.4, -0.2) is 51.5 Å². The Morgan fingerprint density at radius 1 is 1.06 bits per heavy atom. The van der Waals surface area contributed by atoms with Gasteiger partial charge in [-0.05, 0) is 60.6 Å². The van der Waals surface area contributed by atoms with Crippen molar-refractivity contribution >= 4 is 23.0 Å². The first-order valence-electron chi connectivity index (χ1n) is 12.6. The molecule has 2 aliphatic heterocycles. The Balaban J connectivity index is 1.28. The third kappa shape index (κ3) is 5.16. The zero-order valence-electron chi connectivity index (χ0n) is 20.9. The fourth-order valence-electron chi connectivity index (χ4n) is 5.08. The molecule has 2 aliphatic rings. The standard InChI is InChI=1S/C29H33N3O4/c1-32(23-5-3-20(4-6-23)21-10-14-35-15-11-21)24-7-8-25-22(12-16-36-28(25)17-24)18-31-27-19-30-13-9-26(27)29(33)34-2/h3-9,13,17,19,21-22,31H,10-12,14-16,18H2,1-2H3/t22-/m0/s1. The van der Waals surface area contributed by atoms with Crippen LogP contribution in [0.4, 0.5) is 17.1 Å². The minimum Gasteiger partial charge on any atom is -0.493 e. The number of anilines is 3. The van der Waals surface area contributed by atoms with E-state index in [0.29, 0.717) is 30.3 Å². The lowest BCUT2D eigenvalue weighted by molar-refractivity contribution is 0.0601. The molecule has 1 fully saturated rings. The lowest BCUT2D eigenvalue weighted by Crippen LogP contribution is -2.22. The van der Waals surface area contributed by atoms with E-state index in [0.717, 1.165) is 49.6 Å². The molecule has 0 bridgehead atoms. The molecule has 1 aromatic heterocycles. The zero-order chi connectivity index (χ0) is 24.9. The minimum absolute atomic E-state index is 0.262. The number of benzene rings is 2. The van der Waals surface area contributed by atoms with Crippen molar-refractivity contribution in [2.45, 2.75) is 31.1 Å². The summed E-state index contributed by atoms with van der Waals surface area (Å²) >= 11 is 0. The summed E-state index contributed by atoms with van der Waals surface area (Å²) in [4.78, 5) is 18.4. The Labute approximate surface area is 212 Å². The van der Waals surface area contributed by atoms with Crippen LogP contribution in [0.2, 0.25) is 0 Å². The summed E-state index contributed by atoms with van der Waals surface area (Å²) in [6, 6.07) is 17.0. The summed E-state index contributed by atoms with van der Waals surface area (Å²) < 4.78 is 16.5. The maximum absolute atomic E-state index is 12.1. The topological polar surface area (TPSA) is 72.9 Å². The number of hydrogen-bond donors (Lipinski definition) is 1.